The minimum Gasteiger partial charge on any atom is -0.304 e. The van der Waals surface area contributed by atoms with Gasteiger partial charge in [0.25, 0.3) is 0 Å². The van der Waals surface area contributed by atoms with Crippen molar-refractivity contribution in [1.29, 1.82) is 0 Å². The van der Waals surface area contributed by atoms with Crippen molar-refractivity contribution < 1.29 is 0 Å². The molecule has 0 spiro atoms. The summed E-state index contributed by atoms with van der Waals surface area (Å²) < 4.78 is 0. The summed E-state index contributed by atoms with van der Waals surface area (Å²) in [6, 6.07) is 0.720. The quantitative estimate of drug-likeness (QED) is 0.427. The van der Waals surface area contributed by atoms with Gasteiger partial charge in [0.05, 0.1) is 0 Å². The largest absolute Gasteiger partial charge is 0.304 e. The highest BCUT2D eigenvalue weighted by atomic mass is 35.5. The van der Waals surface area contributed by atoms with E-state index in [0.29, 0.717) is 0 Å². The predicted molar refractivity (Wildman–Crippen MR) is 70.7 cm³/mol. The first-order valence-electron chi connectivity index (χ1n) is 6.34. The van der Waals surface area contributed by atoms with Crippen LogP contribution in [0.25, 0.3) is 0 Å². The minimum absolute atomic E-state index is 0.720. The number of hydrogen-bond donors (Lipinski definition) is 0. The molecule has 0 aromatic heterocycles. The Bertz CT molecular complexity index is 136. The highest BCUT2D eigenvalue weighted by molar-refractivity contribution is 6.17. The van der Waals surface area contributed by atoms with Crippen molar-refractivity contribution in [2.45, 2.75) is 58.9 Å². The van der Waals surface area contributed by atoms with Gasteiger partial charge in [-0.1, -0.05) is 26.7 Å². The van der Waals surface area contributed by atoms with E-state index in [1.165, 1.54) is 38.6 Å². The molecule has 0 N–H and O–H groups in total. The Hall–Kier alpha value is 0.250. The Kier molecular flexibility index (Phi) is 9.63. The SMILES string of the molecule is CC(C)CC(C)N(C)CCCCCCCl. The van der Waals surface area contributed by atoms with Crippen molar-refractivity contribution in [3.63, 3.8) is 0 Å². The van der Waals surface area contributed by atoms with E-state index in [9.17, 15) is 0 Å². The van der Waals surface area contributed by atoms with Crippen LogP contribution in [0.4, 0.5) is 0 Å². The molecule has 2 heteroatoms. The molecule has 0 aliphatic heterocycles. The Balaban J connectivity index is 3.42. The van der Waals surface area contributed by atoms with E-state index in [1.807, 2.05) is 0 Å². The Morgan fingerprint density at radius 2 is 1.60 bits per heavy atom. The van der Waals surface area contributed by atoms with E-state index in [0.717, 1.165) is 17.8 Å². The Morgan fingerprint density at radius 3 is 2.13 bits per heavy atom. The Labute approximate surface area is 101 Å². The molecule has 0 fully saturated rings. The van der Waals surface area contributed by atoms with E-state index in [4.69, 9.17) is 11.6 Å². The van der Waals surface area contributed by atoms with Gasteiger partial charge in [0.15, 0.2) is 0 Å². The third-order valence-corrected chi connectivity index (χ3v) is 3.23. The van der Waals surface area contributed by atoms with Gasteiger partial charge in [0.2, 0.25) is 0 Å². The maximum absolute atomic E-state index is 5.64. The third-order valence-electron chi connectivity index (χ3n) is 2.96. The molecule has 0 aliphatic carbocycles. The monoisotopic (exact) mass is 233 g/mol. The summed E-state index contributed by atoms with van der Waals surface area (Å²) in [5, 5.41) is 0. The first kappa shape index (κ1) is 15.2. The average molecular weight is 234 g/mol. The first-order chi connectivity index (χ1) is 7.07. The molecule has 1 atom stereocenters. The van der Waals surface area contributed by atoms with Crippen LogP contribution in [0, 0.1) is 5.92 Å². The zero-order valence-electron chi connectivity index (χ0n) is 10.9. The van der Waals surface area contributed by atoms with Gasteiger partial charge in [0, 0.05) is 11.9 Å². The molecule has 15 heavy (non-hydrogen) atoms. The second-order valence-corrected chi connectivity index (χ2v) is 5.44. The molecule has 1 nitrogen and oxygen atoms in total. The van der Waals surface area contributed by atoms with Crippen LogP contribution in [0.1, 0.15) is 52.9 Å². The van der Waals surface area contributed by atoms with Gasteiger partial charge in [-0.05, 0) is 45.7 Å². The van der Waals surface area contributed by atoms with E-state index in [-0.39, 0.29) is 0 Å². The molecule has 0 heterocycles. The van der Waals surface area contributed by atoms with Crippen molar-refractivity contribution in [1.82, 2.24) is 4.90 Å². The van der Waals surface area contributed by atoms with Crippen molar-refractivity contribution in [2.24, 2.45) is 5.92 Å². The molecular formula is C13H28ClN. The first-order valence-corrected chi connectivity index (χ1v) is 6.87. The molecule has 0 aromatic rings. The highest BCUT2D eigenvalue weighted by Crippen LogP contribution is 2.11. The van der Waals surface area contributed by atoms with Gasteiger partial charge in [-0.15, -0.1) is 11.6 Å². The van der Waals surface area contributed by atoms with Gasteiger partial charge in [-0.3, -0.25) is 0 Å². The topological polar surface area (TPSA) is 3.24 Å². The normalized spacial score (nSPS) is 13.8. The van der Waals surface area contributed by atoms with Crippen LogP contribution >= 0.6 is 11.6 Å². The summed E-state index contributed by atoms with van der Waals surface area (Å²) in [5.41, 5.74) is 0. The molecule has 0 amide bonds. The zero-order valence-corrected chi connectivity index (χ0v) is 11.7. The van der Waals surface area contributed by atoms with Crippen LogP contribution in [0.2, 0.25) is 0 Å². The lowest BCUT2D eigenvalue weighted by molar-refractivity contribution is 0.224. The third kappa shape index (κ3) is 9.19. The van der Waals surface area contributed by atoms with Crippen molar-refractivity contribution >= 4 is 11.6 Å². The van der Waals surface area contributed by atoms with Crippen molar-refractivity contribution in [3.8, 4) is 0 Å². The maximum Gasteiger partial charge on any atom is 0.0223 e. The summed E-state index contributed by atoms with van der Waals surface area (Å²) >= 11 is 5.64. The van der Waals surface area contributed by atoms with Crippen LogP contribution < -0.4 is 0 Å². The molecule has 0 aromatic carbocycles. The molecule has 0 rings (SSSR count). The molecule has 0 saturated heterocycles. The van der Waals surface area contributed by atoms with Gasteiger partial charge < -0.3 is 4.90 Å². The van der Waals surface area contributed by atoms with Crippen LogP contribution in [0.5, 0.6) is 0 Å². The van der Waals surface area contributed by atoms with Crippen LogP contribution in [0.15, 0.2) is 0 Å². The number of unbranched alkanes of at least 4 members (excludes halogenated alkanes) is 3. The van der Waals surface area contributed by atoms with E-state index >= 15 is 0 Å². The summed E-state index contributed by atoms with van der Waals surface area (Å²) in [4.78, 5) is 2.49. The summed E-state index contributed by atoms with van der Waals surface area (Å²) in [7, 11) is 2.24. The fraction of sp³-hybridized carbons (Fsp3) is 1.00. The molecule has 0 aliphatic rings. The highest BCUT2D eigenvalue weighted by Gasteiger charge is 2.09. The molecule has 1 unspecified atom stereocenters. The van der Waals surface area contributed by atoms with E-state index in [1.54, 1.807) is 0 Å². The van der Waals surface area contributed by atoms with Gasteiger partial charge in [0.1, 0.15) is 0 Å². The number of rotatable bonds is 9. The number of nitrogens with zero attached hydrogens (tertiary/aromatic N) is 1. The smallest absolute Gasteiger partial charge is 0.0223 e. The molecule has 0 radical (unpaired) electrons. The fourth-order valence-corrected chi connectivity index (χ4v) is 2.08. The number of alkyl halides is 1. The predicted octanol–water partition coefficient (Wildman–Crippen LogP) is 4.15. The second-order valence-electron chi connectivity index (χ2n) is 5.06. The lowest BCUT2D eigenvalue weighted by Gasteiger charge is -2.26. The van der Waals surface area contributed by atoms with Crippen molar-refractivity contribution in [2.75, 3.05) is 19.5 Å². The van der Waals surface area contributed by atoms with Crippen LogP contribution in [-0.2, 0) is 0 Å². The van der Waals surface area contributed by atoms with E-state index < -0.39 is 0 Å². The number of hydrogen-bond acceptors (Lipinski definition) is 1. The molecule has 92 valence electrons. The molecular weight excluding hydrogens is 206 g/mol. The average Bonchev–Trinajstić information content (AvgIpc) is 2.16. The maximum atomic E-state index is 5.64. The van der Waals surface area contributed by atoms with Gasteiger partial charge >= 0.3 is 0 Å². The standard InChI is InChI=1S/C13H28ClN/c1-12(2)11-13(3)15(4)10-8-6-5-7-9-14/h12-13H,5-11H2,1-4H3. The second kappa shape index (κ2) is 9.47. The van der Waals surface area contributed by atoms with Gasteiger partial charge in [-0.2, -0.15) is 0 Å². The zero-order chi connectivity index (χ0) is 11.7. The fourth-order valence-electron chi connectivity index (χ4n) is 1.89. The molecule has 0 saturated carbocycles. The summed E-state index contributed by atoms with van der Waals surface area (Å²) in [6.07, 6.45) is 6.40. The summed E-state index contributed by atoms with van der Waals surface area (Å²) in [5.74, 6) is 1.62. The van der Waals surface area contributed by atoms with E-state index in [2.05, 4.69) is 32.7 Å². The summed E-state index contributed by atoms with van der Waals surface area (Å²) in [6.45, 7) is 8.16. The van der Waals surface area contributed by atoms with Crippen LogP contribution in [-0.4, -0.2) is 30.4 Å². The number of halogens is 1. The lowest BCUT2D eigenvalue weighted by Crippen LogP contribution is -2.31. The molecule has 0 bridgehead atoms. The van der Waals surface area contributed by atoms with Crippen molar-refractivity contribution in [3.05, 3.63) is 0 Å². The minimum atomic E-state index is 0.720. The van der Waals surface area contributed by atoms with Crippen LogP contribution in [0.3, 0.4) is 0 Å². The Morgan fingerprint density at radius 1 is 1.00 bits per heavy atom. The lowest BCUT2D eigenvalue weighted by atomic mass is 10.0. The van der Waals surface area contributed by atoms with Gasteiger partial charge in [-0.25, -0.2) is 0 Å².